The van der Waals surface area contributed by atoms with Gasteiger partial charge in [-0.05, 0) is 30.2 Å². The summed E-state index contributed by atoms with van der Waals surface area (Å²) in [7, 11) is 0. The summed E-state index contributed by atoms with van der Waals surface area (Å²) in [6.07, 6.45) is 4.91. The lowest BCUT2D eigenvalue weighted by atomic mass is 10.2. The average Bonchev–Trinajstić information content (AvgIpc) is 3.43. The second kappa shape index (κ2) is 8.77. The Morgan fingerprint density at radius 3 is 2.81 bits per heavy atom. The first-order valence-electron chi connectivity index (χ1n) is 10.5. The molecule has 1 saturated heterocycles. The zero-order valence-corrected chi connectivity index (χ0v) is 17.7. The fourth-order valence-electron chi connectivity index (χ4n) is 3.80. The van der Waals surface area contributed by atoms with Crippen molar-refractivity contribution in [2.75, 3.05) is 36.9 Å². The predicted octanol–water partition coefficient (Wildman–Crippen LogP) is 2.82. The number of aromatic nitrogens is 5. The first-order chi connectivity index (χ1) is 15.7. The molecule has 1 aliphatic heterocycles. The van der Waals surface area contributed by atoms with E-state index < -0.39 is 0 Å². The lowest BCUT2D eigenvalue weighted by Gasteiger charge is -2.26. The Kier molecular flexibility index (Phi) is 5.53. The van der Waals surface area contributed by atoms with Crippen LogP contribution in [0.5, 0.6) is 0 Å². The highest BCUT2D eigenvalue weighted by Gasteiger charge is 2.17. The van der Waals surface area contributed by atoms with Crippen molar-refractivity contribution in [2.24, 2.45) is 0 Å². The molecule has 4 aromatic rings. The number of nitrogens with one attached hydrogen (secondary N) is 4. The molecule has 10 nitrogen and oxygen atoms in total. The molecule has 164 valence electrons. The maximum Gasteiger partial charge on any atom is 0.275 e. The molecule has 0 radical (unpaired) electrons. The van der Waals surface area contributed by atoms with E-state index in [1.165, 1.54) is 11.9 Å². The van der Waals surface area contributed by atoms with Crippen LogP contribution in [0.4, 0.5) is 17.2 Å². The van der Waals surface area contributed by atoms with Gasteiger partial charge in [0.25, 0.3) is 5.91 Å². The van der Waals surface area contributed by atoms with Crippen molar-refractivity contribution in [3.8, 4) is 0 Å². The van der Waals surface area contributed by atoms with Crippen LogP contribution in [0.1, 0.15) is 21.6 Å². The number of amides is 1. The Hall–Kier alpha value is -3.76. The quantitative estimate of drug-likeness (QED) is 0.369. The molecule has 1 fully saturated rings. The van der Waals surface area contributed by atoms with Crippen molar-refractivity contribution >= 4 is 34.1 Å². The molecule has 1 aromatic carbocycles. The van der Waals surface area contributed by atoms with Crippen LogP contribution >= 0.6 is 0 Å². The van der Waals surface area contributed by atoms with Gasteiger partial charge in [-0.15, -0.1) is 0 Å². The average molecular weight is 432 g/mol. The molecule has 10 heteroatoms. The lowest BCUT2D eigenvalue weighted by Crippen LogP contribution is -2.35. The summed E-state index contributed by atoms with van der Waals surface area (Å²) in [6, 6.07) is 7.88. The Bertz CT molecular complexity index is 1220. The molecule has 3 aromatic heterocycles. The van der Waals surface area contributed by atoms with E-state index in [9.17, 15) is 4.79 Å². The van der Waals surface area contributed by atoms with E-state index in [4.69, 9.17) is 4.74 Å². The van der Waals surface area contributed by atoms with Crippen molar-refractivity contribution in [1.29, 1.82) is 0 Å². The number of rotatable bonds is 6. The standard InChI is InChI=1S/C22H24N8O2/c1-14-10-23-20-18(14)21(25-13-24-20)28-17-11-26-29-19(17)22(31)27-16-4-2-15(3-5-16)12-30-6-8-32-9-7-30/h2-5,10-11,13H,6-9,12H2,1H3,(H,26,29)(H,27,31)(H2,23,24,25,28). The van der Waals surface area contributed by atoms with E-state index in [2.05, 4.69) is 40.7 Å². The summed E-state index contributed by atoms with van der Waals surface area (Å²) in [4.78, 5) is 26.9. The van der Waals surface area contributed by atoms with Crippen molar-refractivity contribution in [2.45, 2.75) is 13.5 Å². The van der Waals surface area contributed by atoms with Crippen molar-refractivity contribution in [3.05, 3.63) is 59.8 Å². The zero-order chi connectivity index (χ0) is 21.9. The van der Waals surface area contributed by atoms with Crippen molar-refractivity contribution in [1.82, 2.24) is 30.0 Å². The molecule has 4 heterocycles. The van der Waals surface area contributed by atoms with Crippen LogP contribution in [0.2, 0.25) is 0 Å². The van der Waals surface area contributed by atoms with Crippen molar-refractivity contribution < 1.29 is 9.53 Å². The minimum Gasteiger partial charge on any atom is -0.379 e. The van der Waals surface area contributed by atoms with Gasteiger partial charge >= 0.3 is 0 Å². The van der Waals surface area contributed by atoms with Crippen LogP contribution in [0.25, 0.3) is 11.0 Å². The van der Waals surface area contributed by atoms with Crippen LogP contribution in [-0.2, 0) is 11.3 Å². The Morgan fingerprint density at radius 1 is 1.19 bits per heavy atom. The normalized spacial score (nSPS) is 14.5. The third kappa shape index (κ3) is 4.18. The first kappa shape index (κ1) is 20.2. The third-order valence-electron chi connectivity index (χ3n) is 5.51. The van der Waals surface area contributed by atoms with E-state index in [1.54, 1.807) is 6.20 Å². The minimum absolute atomic E-state index is 0.290. The van der Waals surface area contributed by atoms with E-state index in [-0.39, 0.29) is 5.91 Å². The zero-order valence-electron chi connectivity index (χ0n) is 17.7. The highest BCUT2D eigenvalue weighted by Crippen LogP contribution is 2.26. The van der Waals surface area contributed by atoms with Crippen LogP contribution < -0.4 is 10.6 Å². The van der Waals surface area contributed by atoms with Crippen LogP contribution in [0, 0.1) is 6.92 Å². The van der Waals surface area contributed by atoms with Gasteiger partial charge in [0.15, 0.2) is 0 Å². The molecule has 0 spiro atoms. The lowest BCUT2D eigenvalue weighted by molar-refractivity contribution is 0.0342. The molecule has 5 rings (SSSR count). The summed E-state index contributed by atoms with van der Waals surface area (Å²) < 4.78 is 5.39. The molecule has 0 bridgehead atoms. The Balaban J connectivity index is 1.27. The van der Waals surface area contributed by atoms with Gasteiger partial charge in [-0.2, -0.15) is 5.10 Å². The second-order valence-corrected chi connectivity index (χ2v) is 7.74. The van der Waals surface area contributed by atoms with E-state index in [1.807, 2.05) is 37.4 Å². The number of anilines is 3. The van der Waals surface area contributed by atoms with E-state index in [0.717, 1.165) is 49.4 Å². The maximum atomic E-state index is 12.9. The first-order valence-corrected chi connectivity index (χ1v) is 10.5. The number of aryl methyl sites for hydroxylation is 1. The smallest absolute Gasteiger partial charge is 0.275 e. The number of morpholine rings is 1. The topological polar surface area (TPSA) is 124 Å². The molecule has 0 unspecified atom stereocenters. The Morgan fingerprint density at radius 2 is 2.00 bits per heavy atom. The highest BCUT2D eigenvalue weighted by molar-refractivity contribution is 6.07. The minimum atomic E-state index is -0.290. The monoisotopic (exact) mass is 432 g/mol. The summed E-state index contributed by atoms with van der Waals surface area (Å²) in [5.41, 5.74) is 4.51. The largest absolute Gasteiger partial charge is 0.379 e. The predicted molar refractivity (Wildman–Crippen MR) is 121 cm³/mol. The molecule has 0 atom stereocenters. The van der Waals surface area contributed by atoms with Gasteiger partial charge in [-0.25, -0.2) is 9.97 Å². The molecule has 4 N–H and O–H groups in total. The number of hydrogen-bond donors (Lipinski definition) is 4. The third-order valence-corrected chi connectivity index (χ3v) is 5.51. The molecular weight excluding hydrogens is 408 g/mol. The summed E-state index contributed by atoms with van der Waals surface area (Å²) >= 11 is 0. The number of aromatic amines is 2. The number of carbonyl (C=O) groups excluding carboxylic acids is 1. The molecule has 1 aliphatic rings. The molecule has 0 aliphatic carbocycles. The van der Waals surface area contributed by atoms with E-state index >= 15 is 0 Å². The van der Waals surface area contributed by atoms with Gasteiger partial charge in [-0.1, -0.05) is 12.1 Å². The number of fused-ring (bicyclic) bond motifs is 1. The number of carbonyl (C=O) groups is 1. The second-order valence-electron chi connectivity index (χ2n) is 7.74. The Labute approximate surface area is 184 Å². The number of nitrogens with zero attached hydrogens (tertiary/aromatic N) is 4. The van der Waals surface area contributed by atoms with Gasteiger partial charge in [-0.3, -0.25) is 14.8 Å². The highest BCUT2D eigenvalue weighted by atomic mass is 16.5. The molecule has 32 heavy (non-hydrogen) atoms. The fraction of sp³-hybridized carbons (Fsp3) is 0.273. The fourth-order valence-corrected chi connectivity index (χ4v) is 3.80. The van der Waals surface area contributed by atoms with Crippen LogP contribution in [-0.4, -0.2) is 62.3 Å². The van der Waals surface area contributed by atoms with E-state index in [0.29, 0.717) is 22.9 Å². The molecule has 1 amide bonds. The SMILES string of the molecule is Cc1c[nH]c2ncnc(Nc3cn[nH]c3C(=O)Nc3ccc(CN4CCOCC4)cc3)c12. The van der Waals surface area contributed by atoms with Crippen molar-refractivity contribution in [3.63, 3.8) is 0 Å². The van der Waals surface area contributed by atoms with Gasteiger partial charge in [0.1, 0.15) is 23.5 Å². The van der Waals surface area contributed by atoms with Gasteiger partial charge in [0.2, 0.25) is 0 Å². The summed E-state index contributed by atoms with van der Waals surface area (Å²) in [5, 5.41) is 13.8. The number of hydrogen-bond acceptors (Lipinski definition) is 7. The van der Waals surface area contributed by atoms with Gasteiger partial charge in [0, 0.05) is 31.5 Å². The van der Waals surface area contributed by atoms with Crippen LogP contribution in [0.15, 0.2) is 43.0 Å². The number of H-pyrrole nitrogens is 2. The summed E-state index contributed by atoms with van der Waals surface area (Å²) in [6.45, 7) is 6.28. The van der Waals surface area contributed by atoms with Gasteiger partial charge < -0.3 is 20.4 Å². The van der Waals surface area contributed by atoms with Crippen LogP contribution in [0.3, 0.4) is 0 Å². The number of benzene rings is 1. The summed E-state index contributed by atoms with van der Waals surface area (Å²) in [5.74, 6) is 0.318. The molecule has 0 saturated carbocycles. The number of ether oxygens (including phenoxy) is 1. The molecular formula is C22H24N8O2. The maximum absolute atomic E-state index is 12.9. The van der Waals surface area contributed by atoms with Gasteiger partial charge in [0.05, 0.1) is 30.5 Å².